The Morgan fingerprint density at radius 2 is 1.85 bits per heavy atom. The third-order valence-corrected chi connectivity index (χ3v) is 4.87. The number of fused-ring (bicyclic) bond motifs is 1. The van der Waals surface area contributed by atoms with E-state index in [9.17, 15) is 12.8 Å². The number of nitrogens with zero attached hydrogens (tertiary/aromatic N) is 2. The van der Waals surface area contributed by atoms with Crippen LogP contribution < -0.4 is 0 Å². The number of aromatic nitrogens is 2. The van der Waals surface area contributed by atoms with Gasteiger partial charge in [0.2, 0.25) is 0 Å². The predicted molar refractivity (Wildman–Crippen MR) is 73.5 cm³/mol. The smallest absolute Gasteiger partial charge is 0.234 e. The highest BCUT2D eigenvalue weighted by Crippen LogP contribution is 2.23. The van der Waals surface area contributed by atoms with Crippen molar-refractivity contribution in [3.63, 3.8) is 0 Å². The molecule has 0 aliphatic carbocycles. The quantitative estimate of drug-likeness (QED) is 0.729. The van der Waals surface area contributed by atoms with Crippen LogP contribution in [0.3, 0.4) is 0 Å². The first-order valence-electron chi connectivity index (χ1n) is 5.94. The van der Waals surface area contributed by atoms with Gasteiger partial charge >= 0.3 is 0 Å². The first-order chi connectivity index (χ1) is 9.51. The number of pyridine rings is 1. The predicted octanol–water partition coefficient (Wildman–Crippen LogP) is 2.72. The molecule has 0 saturated carbocycles. The average molecular weight is 290 g/mol. The fraction of sp³-hybridized carbons (Fsp3) is 0.0714. The van der Waals surface area contributed by atoms with Crippen LogP contribution in [0, 0.1) is 12.7 Å². The SMILES string of the molecule is Cc1c(F)cnc2c1ccn2S(=O)(=O)c1ccccc1. The second-order valence-electron chi connectivity index (χ2n) is 4.40. The minimum absolute atomic E-state index is 0.168. The van der Waals surface area contributed by atoms with E-state index in [1.165, 1.54) is 18.3 Å². The van der Waals surface area contributed by atoms with E-state index in [2.05, 4.69) is 4.98 Å². The summed E-state index contributed by atoms with van der Waals surface area (Å²) in [5, 5.41) is 0.490. The molecule has 4 nitrogen and oxygen atoms in total. The van der Waals surface area contributed by atoms with Crippen molar-refractivity contribution in [2.45, 2.75) is 11.8 Å². The van der Waals surface area contributed by atoms with Crippen molar-refractivity contribution in [3.8, 4) is 0 Å². The largest absolute Gasteiger partial charge is 0.269 e. The Labute approximate surface area is 115 Å². The molecule has 0 saturated heterocycles. The molecule has 20 heavy (non-hydrogen) atoms. The summed E-state index contributed by atoms with van der Waals surface area (Å²) in [6, 6.07) is 9.62. The van der Waals surface area contributed by atoms with Crippen molar-refractivity contribution in [2.24, 2.45) is 0 Å². The van der Waals surface area contributed by atoms with Crippen LogP contribution in [0.2, 0.25) is 0 Å². The highest BCUT2D eigenvalue weighted by molar-refractivity contribution is 7.90. The standard InChI is InChI=1S/C14H11FN2O2S/c1-10-12-7-8-17(14(12)16-9-13(10)15)20(18,19)11-5-3-2-4-6-11/h2-9H,1H3. The number of hydrogen-bond donors (Lipinski definition) is 0. The molecule has 0 aliphatic heterocycles. The van der Waals surface area contributed by atoms with E-state index in [-0.39, 0.29) is 10.5 Å². The van der Waals surface area contributed by atoms with Crippen molar-refractivity contribution in [3.05, 3.63) is 60.2 Å². The van der Waals surface area contributed by atoms with Gasteiger partial charge < -0.3 is 0 Å². The van der Waals surface area contributed by atoms with Crippen LogP contribution in [-0.2, 0) is 10.0 Å². The summed E-state index contributed by atoms with van der Waals surface area (Å²) in [4.78, 5) is 4.07. The summed E-state index contributed by atoms with van der Waals surface area (Å²) >= 11 is 0. The van der Waals surface area contributed by atoms with Gasteiger partial charge in [-0.15, -0.1) is 0 Å². The molecular weight excluding hydrogens is 279 g/mol. The number of aryl methyl sites for hydroxylation is 1. The highest BCUT2D eigenvalue weighted by Gasteiger charge is 2.20. The maximum absolute atomic E-state index is 13.5. The Morgan fingerprint density at radius 3 is 2.55 bits per heavy atom. The van der Waals surface area contributed by atoms with Crippen molar-refractivity contribution < 1.29 is 12.8 Å². The summed E-state index contributed by atoms with van der Waals surface area (Å²) in [6.07, 6.45) is 2.43. The van der Waals surface area contributed by atoms with Gasteiger partial charge in [-0.1, -0.05) is 18.2 Å². The van der Waals surface area contributed by atoms with E-state index in [1.807, 2.05) is 0 Å². The molecule has 3 rings (SSSR count). The first kappa shape index (κ1) is 12.8. The Bertz CT molecular complexity index is 886. The Kier molecular flexibility index (Phi) is 2.83. The van der Waals surface area contributed by atoms with Gasteiger partial charge in [0.05, 0.1) is 11.1 Å². The van der Waals surface area contributed by atoms with E-state index in [4.69, 9.17) is 0 Å². The van der Waals surface area contributed by atoms with Crippen molar-refractivity contribution in [2.75, 3.05) is 0 Å². The maximum Gasteiger partial charge on any atom is 0.269 e. The fourth-order valence-corrected chi connectivity index (χ4v) is 3.39. The van der Waals surface area contributed by atoms with Crippen molar-refractivity contribution in [1.82, 2.24) is 8.96 Å². The maximum atomic E-state index is 13.5. The number of hydrogen-bond acceptors (Lipinski definition) is 3. The molecule has 0 unspecified atom stereocenters. The summed E-state index contributed by atoms with van der Waals surface area (Å²) in [5.74, 6) is -0.452. The van der Waals surface area contributed by atoms with Gasteiger partial charge in [0.15, 0.2) is 5.65 Å². The Morgan fingerprint density at radius 1 is 1.15 bits per heavy atom. The van der Waals surface area contributed by atoms with Gasteiger partial charge in [-0.05, 0) is 30.7 Å². The van der Waals surface area contributed by atoms with Gasteiger partial charge in [-0.2, -0.15) is 0 Å². The lowest BCUT2D eigenvalue weighted by Crippen LogP contribution is -2.12. The minimum atomic E-state index is -3.72. The number of halogens is 1. The molecule has 2 aromatic heterocycles. The second-order valence-corrected chi connectivity index (χ2v) is 6.21. The van der Waals surface area contributed by atoms with Crippen LogP contribution in [0.15, 0.2) is 53.7 Å². The zero-order valence-corrected chi connectivity index (χ0v) is 11.4. The van der Waals surface area contributed by atoms with Crippen LogP contribution in [0.5, 0.6) is 0 Å². The van der Waals surface area contributed by atoms with Crippen LogP contribution in [0.25, 0.3) is 11.0 Å². The third-order valence-electron chi connectivity index (χ3n) is 3.19. The number of rotatable bonds is 2. The molecule has 0 radical (unpaired) electrons. The number of benzene rings is 1. The lowest BCUT2D eigenvalue weighted by molar-refractivity contribution is 0.588. The summed E-state index contributed by atoms with van der Waals surface area (Å²) in [6.45, 7) is 1.60. The summed E-state index contributed by atoms with van der Waals surface area (Å²) in [5.41, 5.74) is 0.616. The van der Waals surface area contributed by atoms with E-state index in [0.717, 1.165) is 10.2 Å². The third kappa shape index (κ3) is 1.80. The summed E-state index contributed by atoms with van der Waals surface area (Å²) in [7, 11) is -3.72. The van der Waals surface area contributed by atoms with Crippen LogP contribution in [0.4, 0.5) is 4.39 Å². The molecule has 0 aliphatic rings. The normalized spacial score (nSPS) is 11.9. The molecule has 0 N–H and O–H groups in total. The zero-order chi connectivity index (χ0) is 14.3. The molecule has 2 heterocycles. The van der Waals surface area contributed by atoms with E-state index < -0.39 is 15.8 Å². The molecule has 3 aromatic rings. The first-order valence-corrected chi connectivity index (χ1v) is 7.38. The van der Waals surface area contributed by atoms with E-state index in [1.54, 1.807) is 31.2 Å². The van der Waals surface area contributed by atoms with Gasteiger partial charge in [0, 0.05) is 11.6 Å². The Balaban J connectivity index is 2.29. The van der Waals surface area contributed by atoms with Crippen LogP contribution in [0.1, 0.15) is 5.56 Å². The van der Waals surface area contributed by atoms with Crippen LogP contribution in [-0.4, -0.2) is 17.4 Å². The van der Waals surface area contributed by atoms with Crippen LogP contribution >= 0.6 is 0 Å². The van der Waals surface area contributed by atoms with Crippen molar-refractivity contribution >= 4 is 21.1 Å². The monoisotopic (exact) mass is 290 g/mol. The summed E-state index contributed by atoms with van der Waals surface area (Å²) < 4.78 is 39.6. The minimum Gasteiger partial charge on any atom is -0.234 e. The van der Waals surface area contributed by atoms with E-state index >= 15 is 0 Å². The lowest BCUT2D eigenvalue weighted by Gasteiger charge is -2.07. The molecule has 6 heteroatoms. The molecule has 0 fully saturated rings. The van der Waals surface area contributed by atoms with Crippen molar-refractivity contribution in [1.29, 1.82) is 0 Å². The van der Waals surface area contributed by atoms with Gasteiger partial charge in [-0.25, -0.2) is 21.8 Å². The highest BCUT2D eigenvalue weighted by atomic mass is 32.2. The molecule has 1 aromatic carbocycles. The van der Waals surface area contributed by atoms with E-state index in [0.29, 0.717) is 10.9 Å². The molecule has 0 bridgehead atoms. The lowest BCUT2D eigenvalue weighted by atomic mass is 10.2. The molecule has 0 amide bonds. The Hall–Kier alpha value is -2.21. The molecule has 0 atom stereocenters. The van der Waals surface area contributed by atoms with Gasteiger partial charge in [0.1, 0.15) is 5.82 Å². The van der Waals surface area contributed by atoms with Gasteiger partial charge in [0.25, 0.3) is 10.0 Å². The average Bonchev–Trinajstić information content (AvgIpc) is 2.89. The molecule has 102 valence electrons. The topological polar surface area (TPSA) is 52.0 Å². The van der Waals surface area contributed by atoms with Gasteiger partial charge in [-0.3, -0.25) is 0 Å². The molecule has 0 spiro atoms. The fourth-order valence-electron chi connectivity index (χ4n) is 2.07. The molecular formula is C14H11FN2O2S. The zero-order valence-electron chi connectivity index (χ0n) is 10.6. The second kappa shape index (κ2) is 4.42.